The van der Waals surface area contributed by atoms with Crippen molar-refractivity contribution in [3.8, 4) is 0 Å². The third-order valence-electron chi connectivity index (χ3n) is 4.25. The lowest BCUT2D eigenvalue weighted by atomic mass is 9.86. The molecule has 1 atom stereocenters. The molecule has 2 rings (SSSR count). The molecular weight excluding hydrogens is 333 g/mol. The zero-order chi connectivity index (χ0) is 18.1. The molecule has 1 fully saturated rings. The van der Waals surface area contributed by atoms with E-state index in [1.807, 2.05) is 20.8 Å². The van der Waals surface area contributed by atoms with E-state index in [0.29, 0.717) is 26.2 Å². The summed E-state index contributed by atoms with van der Waals surface area (Å²) in [5, 5.41) is 0.0910. The van der Waals surface area contributed by atoms with Crippen molar-refractivity contribution in [3.63, 3.8) is 0 Å². The average Bonchev–Trinajstić information content (AvgIpc) is 2.52. The Morgan fingerprint density at radius 3 is 2.21 bits per heavy atom. The molecule has 0 aromatic heterocycles. The van der Waals surface area contributed by atoms with Crippen LogP contribution in [0.4, 0.5) is 4.39 Å². The summed E-state index contributed by atoms with van der Waals surface area (Å²) in [6.45, 7) is 7.14. The maximum Gasteiger partial charge on any atom is 0.258 e. The monoisotopic (exact) mass is 355 g/mol. The lowest BCUT2D eigenvalue weighted by molar-refractivity contribution is -0.136. The number of halogens is 2. The topological polar surface area (TPSA) is 66.6 Å². The first kappa shape index (κ1) is 18.7. The Kier molecular flexibility index (Phi) is 5.50. The number of rotatable bonds is 2. The molecular formula is C17H23ClFN3O2. The number of nitrogens with zero attached hydrogens (tertiary/aromatic N) is 2. The fraction of sp³-hybridized carbons (Fsp3) is 0.529. The highest BCUT2D eigenvalue weighted by Crippen LogP contribution is 2.23. The molecule has 1 aliphatic rings. The summed E-state index contributed by atoms with van der Waals surface area (Å²) in [5.41, 5.74) is 5.56. The van der Waals surface area contributed by atoms with Crippen molar-refractivity contribution >= 4 is 23.4 Å². The first-order valence-corrected chi connectivity index (χ1v) is 8.28. The Bertz CT molecular complexity index is 617. The number of carbonyl (C=O) groups is 2. The minimum Gasteiger partial charge on any atom is -0.338 e. The third-order valence-corrected chi connectivity index (χ3v) is 4.57. The van der Waals surface area contributed by atoms with Gasteiger partial charge in [-0.1, -0.05) is 38.4 Å². The third kappa shape index (κ3) is 3.87. The van der Waals surface area contributed by atoms with Crippen LogP contribution in [0, 0.1) is 11.2 Å². The van der Waals surface area contributed by atoms with Crippen molar-refractivity contribution in [2.45, 2.75) is 26.8 Å². The molecule has 1 heterocycles. The van der Waals surface area contributed by atoms with E-state index in [0.717, 1.165) is 0 Å². The van der Waals surface area contributed by atoms with Gasteiger partial charge in [-0.3, -0.25) is 9.59 Å². The number of hydrogen-bond donors (Lipinski definition) is 1. The van der Waals surface area contributed by atoms with Gasteiger partial charge in [0.05, 0.1) is 16.6 Å². The van der Waals surface area contributed by atoms with Crippen LogP contribution in [0.5, 0.6) is 0 Å². The lowest BCUT2D eigenvalue weighted by Crippen LogP contribution is -2.57. The van der Waals surface area contributed by atoms with Crippen molar-refractivity contribution in [2.24, 2.45) is 11.1 Å². The highest BCUT2D eigenvalue weighted by atomic mass is 35.5. The molecule has 1 saturated heterocycles. The largest absolute Gasteiger partial charge is 0.338 e. The van der Waals surface area contributed by atoms with Crippen LogP contribution in [0.1, 0.15) is 31.1 Å². The van der Waals surface area contributed by atoms with Crippen LogP contribution in [-0.2, 0) is 4.79 Å². The molecule has 0 bridgehead atoms. The first-order valence-electron chi connectivity index (χ1n) is 7.90. The van der Waals surface area contributed by atoms with Gasteiger partial charge in [-0.05, 0) is 17.5 Å². The van der Waals surface area contributed by atoms with E-state index in [1.165, 1.54) is 23.1 Å². The Morgan fingerprint density at radius 1 is 1.17 bits per heavy atom. The van der Waals surface area contributed by atoms with Gasteiger partial charge in [0.15, 0.2) is 0 Å². The van der Waals surface area contributed by atoms with Crippen molar-refractivity contribution in [1.82, 2.24) is 9.80 Å². The maximum atomic E-state index is 13.9. The van der Waals surface area contributed by atoms with Crippen molar-refractivity contribution in [1.29, 1.82) is 0 Å². The van der Waals surface area contributed by atoms with E-state index in [4.69, 9.17) is 17.3 Å². The number of amides is 2. The molecule has 24 heavy (non-hydrogen) atoms. The van der Waals surface area contributed by atoms with E-state index in [1.54, 1.807) is 4.90 Å². The quantitative estimate of drug-likeness (QED) is 0.883. The summed E-state index contributed by atoms with van der Waals surface area (Å²) in [7, 11) is 0. The van der Waals surface area contributed by atoms with E-state index >= 15 is 0 Å². The second-order valence-corrected chi connectivity index (χ2v) is 7.47. The number of carbonyl (C=O) groups excluding carboxylic acids is 2. The molecule has 2 amide bonds. The van der Waals surface area contributed by atoms with E-state index in [-0.39, 0.29) is 21.9 Å². The molecule has 1 aromatic carbocycles. The van der Waals surface area contributed by atoms with Gasteiger partial charge in [-0.25, -0.2) is 4.39 Å². The number of nitrogens with two attached hydrogens (primary N) is 1. The molecule has 132 valence electrons. The van der Waals surface area contributed by atoms with Crippen LogP contribution in [0.3, 0.4) is 0 Å². The highest BCUT2D eigenvalue weighted by Gasteiger charge is 2.34. The molecule has 7 heteroatoms. The molecule has 1 aromatic rings. The molecule has 0 aliphatic carbocycles. The minimum atomic E-state index is -0.638. The maximum absolute atomic E-state index is 13.9. The molecule has 0 saturated carbocycles. The Balaban J connectivity index is 2.03. The number of piperazine rings is 1. The summed E-state index contributed by atoms with van der Waals surface area (Å²) < 4.78 is 13.9. The second-order valence-electron chi connectivity index (χ2n) is 7.06. The normalized spacial score (nSPS) is 16.9. The smallest absolute Gasteiger partial charge is 0.258 e. The van der Waals surface area contributed by atoms with Crippen LogP contribution in [0.15, 0.2) is 18.2 Å². The lowest BCUT2D eigenvalue weighted by Gasteiger charge is -2.38. The number of hydrogen-bond acceptors (Lipinski definition) is 3. The van der Waals surface area contributed by atoms with Gasteiger partial charge in [0.1, 0.15) is 5.82 Å². The fourth-order valence-corrected chi connectivity index (χ4v) is 2.80. The summed E-state index contributed by atoms with van der Waals surface area (Å²) in [4.78, 5) is 28.1. The van der Waals surface area contributed by atoms with E-state index in [9.17, 15) is 14.0 Å². The van der Waals surface area contributed by atoms with E-state index < -0.39 is 17.8 Å². The van der Waals surface area contributed by atoms with Gasteiger partial charge in [-0.15, -0.1) is 0 Å². The van der Waals surface area contributed by atoms with Crippen molar-refractivity contribution < 1.29 is 14.0 Å². The van der Waals surface area contributed by atoms with Crippen molar-refractivity contribution in [2.75, 3.05) is 26.2 Å². The molecule has 0 unspecified atom stereocenters. The molecule has 2 N–H and O–H groups in total. The molecule has 0 radical (unpaired) electrons. The van der Waals surface area contributed by atoms with Crippen LogP contribution < -0.4 is 5.73 Å². The predicted octanol–water partition coefficient (Wildman–Crippen LogP) is 2.14. The average molecular weight is 356 g/mol. The summed E-state index contributed by atoms with van der Waals surface area (Å²) in [5.74, 6) is -1.22. The van der Waals surface area contributed by atoms with Gasteiger partial charge >= 0.3 is 0 Å². The van der Waals surface area contributed by atoms with Crippen LogP contribution in [0.2, 0.25) is 5.02 Å². The Labute approximate surface area is 146 Å². The van der Waals surface area contributed by atoms with Crippen LogP contribution >= 0.6 is 11.6 Å². The summed E-state index contributed by atoms with van der Waals surface area (Å²) >= 11 is 5.95. The molecule has 0 spiro atoms. The standard InChI is InChI=1S/C17H23ClFN3O2/c1-17(2,3)14(20)16(24)22-9-7-21(8-10-22)15(23)13-11(18)5-4-6-12(13)19/h4-6,14H,7-10,20H2,1-3H3/t14-/m1/s1. The molecule has 5 nitrogen and oxygen atoms in total. The second kappa shape index (κ2) is 7.07. The minimum absolute atomic E-state index is 0.0910. The SMILES string of the molecule is CC(C)(C)[C@H](N)C(=O)N1CCN(C(=O)c2c(F)cccc2Cl)CC1. The van der Waals surface area contributed by atoms with Gasteiger partial charge in [0, 0.05) is 26.2 Å². The van der Waals surface area contributed by atoms with Gasteiger partial charge in [-0.2, -0.15) is 0 Å². The number of benzene rings is 1. The predicted molar refractivity (Wildman–Crippen MR) is 91.3 cm³/mol. The Morgan fingerprint density at radius 2 is 1.71 bits per heavy atom. The zero-order valence-electron chi connectivity index (χ0n) is 14.2. The van der Waals surface area contributed by atoms with Crippen LogP contribution in [-0.4, -0.2) is 53.8 Å². The van der Waals surface area contributed by atoms with Gasteiger partial charge in [0.25, 0.3) is 5.91 Å². The van der Waals surface area contributed by atoms with Crippen LogP contribution in [0.25, 0.3) is 0 Å². The Hall–Kier alpha value is -1.66. The summed E-state index contributed by atoms with van der Waals surface area (Å²) in [6.07, 6.45) is 0. The van der Waals surface area contributed by atoms with Gasteiger partial charge < -0.3 is 15.5 Å². The fourth-order valence-electron chi connectivity index (χ4n) is 2.56. The first-order chi connectivity index (χ1) is 11.1. The highest BCUT2D eigenvalue weighted by molar-refractivity contribution is 6.33. The zero-order valence-corrected chi connectivity index (χ0v) is 14.9. The summed E-state index contributed by atoms with van der Waals surface area (Å²) in [6, 6.07) is 3.56. The molecule has 1 aliphatic heterocycles. The van der Waals surface area contributed by atoms with E-state index in [2.05, 4.69) is 0 Å². The van der Waals surface area contributed by atoms with Gasteiger partial charge in [0.2, 0.25) is 5.91 Å². The van der Waals surface area contributed by atoms with Crippen molar-refractivity contribution in [3.05, 3.63) is 34.6 Å².